The van der Waals surface area contributed by atoms with E-state index >= 15 is 0 Å². The van der Waals surface area contributed by atoms with Crippen LogP contribution in [0.4, 0.5) is 5.69 Å². The summed E-state index contributed by atoms with van der Waals surface area (Å²) in [6.45, 7) is 4.47. The van der Waals surface area contributed by atoms with Crippen molar-refractivity contribution in [2.75, 3.05) is 5.73 Å². The Hall–Kier alpha value is -1.67. The first-order chi connectivity index (χ1) is 8.58. The average Bonchev–Trinajstić information content (AvgIpc) is 2.35. The van der Waals surface area contributed by atoms with Crippen LogP contribution in [-0.2, 0) is 6.61 Å². The summed E-state index contributed by atoms with van der Waals surface area (Å²) in [4.78, 5) is 0. The minimum absolute atomic E-state index is 0.512. The van der Waals surface area contributed by atoms with Gasteiger partial charge in [0.25, 0.3) is 0 Å². The molecule has 0 aliphatic carbocycles. The average molecular weight is 262 g/mol. The molecule has 0 amide bonds. The third-order valence-corrected chi connectivity index (χ3v) is 3.44. The van der Waals surface area contributed by atoms with Gasteiger partial charge in [0.2, 0.25) is 0 Å². The van der Waals surface area contributed by atoms with Crippen LogP contribution in [0.1, 0.15) is 16.7 Å². The summed E-state index contributed by atoms with van der Waals surface area (Å²) < 4.78 is 5.75. The molecule has 0 aromatic heterocycles. The molecule has 94 valence electrons. The van der Waals surface area contributed by atoms with Gasteiger partial charge in [-0.05, 0) is 54.8 Å². The van der Waals surface area contributed by atoms with Crippen LogP contribution in [0, 0.1) is 13.8 Å². The van der Waals surface area contributed by atoms with Crippen molar-refractivity contribution in [1.82, 2.24) is 0 Å². The quantitative estimate of drug-likeness (QED) is 0.844. The second-order valence-corrected chi connectivity index (χ2v) is 4.74. The lowest BCUT2D eigenvalue weighted by Crippen LogP contribution is -2.00. The number of hydrogen-bond acceptors (Lipinski definition) is 2. The zero-order valence-corrected chi connectivity index (χ0v) is 11.3. The summed E-state index contributed by atoms with van der Waals surface area (Å²) in [5, 5.41) is 0.752. The number of anilines is 1. The maximum absolute atomic E-state index is 5.97. The molecule has 2 aromatic rings. The van der Waals surface area contributed by atoms with Gasteiger partial charge < -0.3 is 10.5 Å². The highest BCUT2D eigenvalue weighted by atomic mass is 35.5. The monoisotopic (exact) mass is 261 g/mol. The highest BCUT2D eigenvalue weighted by Crippen LogP contribution is 2.23. The predicted octanol–water partition coefficient (Wildman–Crippen LogP) is 4.12. The number of hydrogen-bond donors (Lipinski definition) is 1. The molecule has 3 heteroatoms. The molecule has 18 heavy (non-hydrogen) atoms. The molecular weight excluding hydrogens is 246 g/mol. The number of halogens is 1. The topological polar surface area (TPSA) is 35.2 Å². The van der Waals surface area contributed by atoms with E-state index < -0.39 is 0 Å². The van der Waals surface area contributed by atoms with Gasteiger partial charge >= 0.3 is 0 Å². The minimum Gasteiger partial charge on any atom is -0.489 e. The molecule has 0 fully saturated rings. The number of benzene rings is 2. The first-order valence-corrected chi connectivity index (χ1v) is 6.18. The predicted molar refractivity (Wildman–Crippen MR) is 76.1 cm³/mol. The lowest BCUT2D eigenvalue weighted by molar-refractivity contribution is 0.305. The third kappa shape index (κ3) is 2.77. The Labute approximate surface area is 112 Å². The Morgan fingerprint density at radius 2 is 1.94 bits per heavy atom. The normalized spacial score (nSPS) is 10.4. The van der Waals surface area contributed by atoms with Gasteiger partial charge in [-0.1, -0.05) is 23.7 Å². The molecule has 2 aromatic carbocycles. The molecule has 0 aliphatic rings. The third-order valence-electron chi connectivity index (χ3n) is 3.01. The zero-order valence-electron chi connectivity index (χ0n) is 10.5. The Balaban J connectivity index is 2.11. The summed E-state index contributed by atoms with van der Waals surface area (Å²) in [6.07, 6.45) is 0. The molecule has 0 unspecified atom stereocenters. The molecule has 0 radical (unpaired) electrons. The molecule has 2 nitrogen and oxygen atoms in total. The fourth-order valence-corrected chi connectivity index (χ4v) is 1.85. The van der Waals surface area contributed by atoms with Crippen LogP contribution in [0.25, 0.3) is 0 Å². The van der Waals surface area contributed by atoms with Crippen molar-refractivity contribution in [1.29, 1.82) is 0 Å². The lowest BCUT2D eigenvalue weighted by Gasteiger charge is -2.11. The van der Waals surface area contributed by atoms with Crippen LogP contribution in [0.2, 0.25) is 5.02 Å². The van der Waals surface area contributed by atoms with E-state index in [9.17, 15) is 0 Å². The first-order valence-electron chi connectivity index (χ1n) is 5.81. The van der Waals surface area contributed by atoms with Gasteiger partial charge in [0.15, 0.2) is 0 Å². The van der Waals surface area contributed by atoms with E-state index in [1.165, 1.54) is 0 Å². The number of nitrogens with two attached hydrogens (primary N) is 1. The number of rotatable bonds is 3. The minimum atomic E-state index is 0.512. The van der Waals surface area contributed by atoms with E-state index in [0.29, 0.717) is 6.61 Å². The van der Waals surface area contributed by atoms with Crippen LogP contribution < -0.4 is 10.5 Å². The molecule has 0 atom stereocenters. The standard InChI is InChI=1S/C15H16ClNO/c1-10-8-13(6-7-14(10)16)18-9-12-4-3-5-15(17)11(12)2/h3-8H,9,17H2,1-2H3. The summed E-state index contributed by atoms with van der Waals surface area (Å²) in [7, 11) is 0. The highest BCUT2D eigenvalue weighted by Gasteiger charge is 2.03. The second-order valence-electron chi connectivity index (χ2n) is 4.33. The number of ether oxygens (including phenoxy) is 1. The smallest absolute Gasteiger partial charge is 0.120 e. The SMILES string of the molecule is Cc1cc(OCc2cccc(N)c2C)ccc1Cl. The maximum Gasteiger partial charge on any atom is 0.120 e. The molecular formula is C15H16ClNO. The lowest BCUT2D eigenvalue weighted by atomic mass is 10.1. The maximum atomic E-state index is 5.97. The Morgan fingerprint density at radius 3 is 2.67 bits per heavy atom. The van der Waals surface area contributed by atoms with E-state index in [1.807, 2.05) is 50.2 Å². The van der Waals surface area contributed by atoms with Crippen molar-refractivity contribution in [3.05, 3.63) is 58.1 Å². The van der Waals surface area contributed by atoms with Gasteiger partial charge in [0, 0.05) is 10.7 Å². The number of nitrogen functional groups attached to an aromatic ring is 1. The molecule has 2 rings (SSSR count). The molecule has 0 aliphatic heterocycles. The fourth-order valence-electron chi connectivity index (χ4n) is 1.73. The van der Waals surface area contributed by atoms with Gasteiger partial charge in [-0.15, -0.1) is 0 Å². The summed E-state index contributed by atoms with van der Waals surface area (Å²) in [5.41, 5.74) is 9.84. The van der Waals surface area contributed by atoms with Crippen LogP contribution in [0.3, 0.4) is 0 Å². The number of aryl methyl sites for hydroxylation is 1. The molecule has 0 heterocycles. The molecule has 0 saturated heterocycles. The van der Waals surface area contributed by atoms with Crippen LogP contribution in [-0.4, -0.2) is 0 Å². The zero-order chi connectivity index (χ0) is 13.1. The van der Waals surface area contributed by atoms with Gasteiger partial charge in [-0.25, -0.2) is 0 Å². The Bertz CT molecular complexity index is 566. The molecule has 2 N–H and O–H groups in total. The Kier molecular flexibility index (Phi) is 3.78. The van der Waals surface area contributed by atoms with E-state index in [2.05, 4.69) is 0 Å². The van der Waals surface area contributed by atoms with Crippen molar-refractivity contribution in [3.63, 3.8) is 0 Å². The van der Waals surface area contributed by atoms with Crippen molar-refractivity contribution < 1.29 is 4.74 Å². The largest absolute Gasteiger partial charge is 0.489 e. The van der Waals surface area contributed by atoms with Crippen molar-refractivity contribution >= 4 is 17.3 Å². The highest BCUT2D eigenvalue weighted by molar-refractivity contribution is 6.31. The summed E-state index contributed by atoms with van der Waals surface area (Å²) >= 11 is 5.97. The van der Waals surface area contributed by atoms with Gasteiger partial charge in [0.05, 0.1) is 0 Å². The van der Waals surface area contributed by atoms with Crippen LogP contribution in [0.15, 0.2) is 36.4 Å². The van der Waals surface area contributed by atoms with Crippen molar-refractivity contribution in [2.45, 2.75) is 20.5 Å². The van der Waals surface area contributed by atoms with E-state index in [4.69, 9.17) is 22.1 Å². The summed E-state index contributed by atoms with van der Waals surface area (Å²) in [5.74, 6) is 0.818. The van der Waals surface area contributed by atoms with Gasteiger partial charge in [-0.2, -0.15) is 0 Å². The fraction of sp³-hybridized carbons (Fsp3) is 0.200. The molecule has 0 saturated carbocycles. The molecule has 0 spiro atoms. The van der Waals surface area contributed by atoms with Crippen LogP contribution >= 0.6 is 11.6 Å². The van der Waals surface area contributed by atoms with Crippen LogP contribution in [0.5, 0.6) is 5.75 Å². The second kappa shape index (κ2) is 5.32. The van der Waals surface area contributed by atoms with Gasteiger partial charge in [0.1, 0.15) is 12.4 Å². The van der Waals surface area contributed by atoms with Crippen molar-refractivity contribution in [2.24, 2.45) is 0 Å². The first kappa shape index (κ1) is 12.8. The van der Waals surface area contributed by atoms with E-state index in [1.54, 1.807) is 0 Å². The van der Waals surface area contributed by atoms with E-state index in [-0.39, 0.29) is 0 Å². The summed E-state index contributed by atoms with van der Waals surface area (Å²) in [6, 6.07) is 11.5. The Morgan fingerprint density at radius 1 is 1.17 bits per heavy atom. The molecule has 0 bridgehead atoms. The van der Waals surface area contributed by atoms with Gasteiger partial charge in [-0.3, -0.25) is 0 Å². The van der Waals surface area contributed by atoms with Crippen molar-refractivity contribution in [3.8, 4) is 5.75 Å². The van der Waals surface area contributed by atoms with E-state index in [0.717, 1.165) is 33.1 Å².